The maximum absolute atomic E-state index is 12.0. The van der Waals surface area contributed by atoms with Crippen LogP contribution in [0.25, 0.3) is 0 Å². The van der Waals surface area contributed by atoms with Crippen molar-refractivity contribution in [3.05, 3.63) is 70.8 Å². The van der Waals surface area contributed by atoms with Crippen LogP contribution < -0.4 is 11.1 Å². The van der Waals surface area contributed by atoms with Gasteiger partial charge in [-0.15, -0.1) is 0 Å². The number of benzene rings is 2. The van der Waals surface area contributed by atoms with Crippen LogP contribution in [-0.4, -0.2) is 11.8 Å². The van der Waals surface area contributed by atoms with Crippen LogP contribution in [0.15, 0.2) is 48.5 Å². The maximum atomic E-state index is 12.0. The van der Waals surface area contributed by atoms with E-state index >= 15 is 0 Å². The smallest absolute Gasteiger partial charge is 0.251 e. The Morgan fingerprint density at radius 1 is 1.05 bits per heavy atom. The highest BCUT2D eigenvalue weighted by Crippen LogP contribution is 2.06. The molecule has 0 unspecified atom stereocenters. The number of nitrogens with two attached hydrogens (primary N) is 1. The van der Waals surface area contributed by atoms with Gasteiger partial charge in [-0.05, 0) is 30.7 Å². The molecule has 0 atom stereocenters. The fraction of sp³-hybridized carbons (Fsp3) is 0.125. The molecular formula is C16H16N2O2. The van der Waals surface area contributed by atoms with Crippen LogP contribution in [0.4, 0.5) is 0 Å². The lowest BCUT2D eigenvalue weighted by molar-refractivity contribution is 0.0951. The molecule has 4 heteroatoms. The highest BCUT2D eigenvalue weighted by molar-refractivity contribution is 5.99. The van der Waals surface area contributed by atoms with E-state index in [1.165, 1.54) is 11.6 Å². The van der Waals surface area contributed by atoms with E-state index in [0.29, 0.717) is 17.7 Å². The Morgan fingerprint density at radius 2 is 1.70 bits per heavy atom. The SMILES string of the molecule is Cc1ccc(CNC(=O)c2cccc(C(N)=O)c2)cc1. The molecule has 0 aliphatic heterocycles. The van der Waals surface area contributed by atoms with E-state index in [4.69, 9.17) is 5.73 Å². The summed E-state index contributed by atoms with van der Waals surface area (Å²) in [6.07, 6.45) is 0. The Morgan fingerprint density at radius 3 is 2.35 bits per heavy atom. The van der Waals surface area contributed by atoms with E-state index in [1.54, 1.807) is 18.2 Å². The summed E-state index contributed by atoms with van der Waals surface area (Å²) in [5.74, 6) is -0.771. The van der Waals surface area contributed by atoms with E-state index < -0.39 is 5.91 Å². The van der Waals surface area contributed by atoms with Gasteiger partial charge in [0.2, 0.25) is 5.91 Å². The van der Waals surface area contributed by atoms with Gasteiger partial charge < -0.3 is 11.1 Å². The van der Waals surface area contributed by atoms with Crippen molar-refractivity contribution < 1.29 is 9.59 Å². The van der Waals surface area contributed by atoms with Crippen LogP contribution in [0, 0.1) is 6.92 Å². The molecule has 2 rings (SSSR count). The molecule has 102 valence electrons. The van der Waals surface area contributed by atoms with Gasteiger partial charge in [-0.3, -0.25) is 9.59 Å². The maximum Gasteiger partial charge on any atom is 0.251 e. The fourth-order valence-corrected chi connectivity index (χ4v) is 1.80. The van der Waals surface area contributed by atoms with Gasteiger partial charge in [0.05, 0.1) is 0 Å². The second-order valence-corrected chi connectivity index (χ2v) is 4.61. The monoisotopic (exact) mass is 268 g/mol. The lowest BCUT2D eigenvalue weighted by atomic mass is 10.1. The molecule has 0 bridgehead atoms. The van der Waals surface area contributed by atoms with E-state index in [-0.39, 0.29) is 5.91 Å². The first-order valence-corrected chi connectivity index (χ1v) is 6.30. The molecule has 0 aliphatic rings. The molecule has 4 nitrogen and oxygen atoms in total. The molecule has 0 fully saturated rings. The van der Waals surface area contributed by atoms with Gasteiger partial charge in [0, 0.05) is 17.7 Å². The van der Waals surface area contributed by atoms with Crippen LogP contribution >= 0.6 is 0 Å². The van der Waals surface area contributed by atoms with Gasteiger partial charge in [-0.2, -0.15) is 0 Å². The van der Waals surface area contributed by atoms with Crippen LogP contribution in [0.3, 0.4) is 0 Å². The third kappa shape index (κ3) is 3.45. The highest BCUT2D eigenvalue weighted by Gasteiger charge is 2.08. The summed E-state index contributed by atoms with van der Waals surface area (Å²) in [4.78, 5) is 23.1. The van der Waals surface area contributed by atoms with Crippen molar-refractivity contribution in [2.75, 3.05) is 0 Å². The third-order valence-corrected chi connectivity index (χ3v) is 2.98. The van der Waals surface area contributed by atoms with E-state index in [1.807, 2.05) is 31.2 Å². The molecule has 2 amide bonds. The summed E-state index contributed by atoms with van der Waals surface area (Å²) in [5, 5.41) is 2.81. The molecule has 0 spiro atoms. The summed E-state index contributed by atoms with van der Waals surface area (Å²) in [7, 11) is 0. The van der Waals surface area contributed by atoms with Gasteiger partial charge in [-0.25, -0.2) is 0 Å². The summed E-state index contributed by atoms with van der Waals surface area (Å²) in [5.41, 5.74) is 8.14. The Hall–Kier alpha value is -2.62. The molecule has 0 saturated carbocycles. The number of amides is 2. The molecule has 2 aromatic rings. The van der Waals surface area contributed by atoms with Crippen LogP contribution in [0.2, 0.25) is 0 Å². The second kappa shape index (κ2) is 6.02. The van der Waals surface area contributed by atoms with Gasteiger partial charge in [0.15, 0.2) is 0 Å². The zero-order valence-electron chi connectivity index (χ0n) is 11.2. The minimum Gasteiger partial charge on any atom is -0.366 e. The lowest BCUT2D eigenvalue weighted by Crippen LogP contribution is -2.23. The Balaban J connectivity index is 2.03. The number of aryl methyl sites for hydroxylation is 1. The number of nitrogens with one attached hydrogen (secondary N) is 1. The van der Waals surface area contributed by atoms with Crippen molar-refractivity contribution in [3.8, 4) is 0 Å². The largest absolute Gasteiger partial charge is 0.366 e. The summed E-state index contributed by atoms with van der Waals surface area (Å²) < 4.78 is 0. The predicted molar refractivity (Wildman–Crippen MR) is 77.3 cm³/mol. The van der Waals surface area contributed by atoms with Crippen molar-refractivity contribution in [1.29, 1.82) is 0 Å². The predicted octanol–water partition coefficient (Wildman–Crippen LogP) is 2.02. The van der Waals surface area contributed by atoms with E-state index in [0.717, 1.165) is 5.56 Å². The van der Waals surface area contributed by atoms with Crippen molar-refractivity contribution in [3.63, 3.8) is 0 Å². The zero-order chi connectivity index (χ0) is 14.5. The summed E-state index contributed by atoms with van der Waals surface area (Å²) >= 11 is 0. The number of carbonyl (C=O) groups is 2. The molecular weight excluding hydrogens is 252 g/mol. The number of rotatable bonds is 4. The molecule has 3 N–H and O–H groups in total. The minimum atomic E-state index is -0.543. The molecule has 2 aromatic carbocycles. The van der Waals surface area contributed by atoms with Gasteiger partial charge in [0.25, 0.3) is 5.91 Å². The fourth-order valence-electron chi connectivity index (χ4n) is 1.80. The Labute approximate surface area is 117 Å². The number of hydrogen-bond acceptors (Lipinski definition) is 2. The summed E-state index contributed by atoms with van der Waals surface area (Å²) in [6.45, 7) is 2.46. The van der Waals surface area contributed by atoms with Gasteiger partial charge in [-0.1, -0.05) is 35.9 Å². The van der Waals surface area contributed by atoms with Crippen LogP contribution in [0.1, 0.15) is 31.8 Å². The van der Waals surface area contributed by atoms with Crippen molar-refractivity contribution in [2.24, 2.45) is 5.73 Å². The minimum absolute atomic E-state index is 0.228. The van der Waals surface area contributed by atoms with Crippen molar-refractivity contribution in [2.45, 2.75) is 13.5 Å². The lowest BCUT2D eigenvalue weighted by Gasteiger charge is -2.06. The standard InChI is InChI=1S/C16H16N2O2/c1-11-5-7-12(8-6-11)10-18-16(20)14-4-2-3-13(9-14)15(17)19/h2-9H,10H2,1H3,(H2,17,19)(H,18,20). The first kappa shape index (κ1) is 13.8. The average Bonchev–Trinajstić information content (AvgIpc) is 2.46. The summed E-state index contributed by atoms with van der Waals surface area (Å²) in [6, 6.07) is 14.3. The highest BCUT2D eigenvalue weighted by atomic mass is 16.2. The topological polar surface area (TPSA) is 72.2 Å². The second-order valence-electron chi connectivity index (χ2n) is 4.61. The molecule has 0 heterocycles. The molecule has 0 aromatic heterocycles. The number of hydrogen-bond donors (Lipinski definition) is 2. The molecule has 0 saturated heterocycles. The van der Waals surface area contributed by atoms with E-state index in [2.05, 4.69) is 5.32 Å². The van der Waals surface area contributed by atoms with E-state index in [9.17, 15) is 9.59 Å². The van der Waals surface area contributed by atoms with Crippen molar-refractivity contribution >= 4 is 11.8 Å². The zero-order valence-corrected chi connectivity index (χ0v) is 11.2. The Kier molecular flexibility index (Phi) is 4.15. The van der Waals surface area contributed by atoms with Crippen LogP contribution in [0.5, 0.6) is 0 Å². The number of carbonyl (C=O) groups excluding carboxylic acids is 2. The average molecular weight is 268 g/mol. The van der Waals surface area contributed by atoms with Gasteiger partial charge >= 0.3 is 0 Å². The first-order chi connectivity index (χ1) is 9.56. The number of primary amides is 1. The third-order valence-electron chi connectivity index (χ3n) is 2.98. The first-order valence-electron chi connectivity index (χ1n) is 6.30. The van der Waals surface area contributed by atoms with Crippen LogP contribution in [-0.2, 0) is 6.54 Å². The van der Waals surface area contributed by atoms with Gasteiger partial charge in [0.1, 0.15) is 0 Å². The Bertz CT molecular complexity index is 633. The molecule has 20 heavy (non-hydrogen) atoms. The normalized spacial score (nSPS) is 10.1. The molecule has 0 aliphatic carbocycles. The molecule has 0 radical (unpaired) electrons. The quantitative estimate of drug-likeness (QED) is 0.890. The van der Waals surface area contributed by atoms with Crippen molar-refractivity contribution in [1.82, 2.24) is 5.32 Å².